The van der Waals surface area contributed by atoms with Gasteiger partial charge in [-0.25, -0.2) is 12.1 Å². The van der Waals surface area contributed by atoms with Crippen LogP contribution in [-0.2, 0) is 26.2 Å². The Morgan fingerprint density at radius 3 is 1.71 bits per heavy atom. The predicted molar refractivity (Wildman–Crippen MR) is 80.1 cm³/mol. The standard InChI is InChI=1S/C11H16P.C5H5.3BrH.Zr/c1-10(9-12(2)3)11-7-5-4-6-8-11;1-2-4-5-3-1;;;;/h4-8H,9H2,1-3H3;1-5H;3*1H;/q2*-1;;;;+3/p-3. The summed E-state index contributed by atoms with van der Waals surface area (Å²) in [7, 11) is 0.199. The van der Waals surface area contributed by atoms with Crippen LogP contribution in [-0.4, -0.2) is 19.5 Å². The zero-order valence-corrected chi connectivity index (χ0v) is 20.7. The van der Waals surface area contributed by atoms with Crippen LogP contribution in [0.2, 0.25) is 0 Å². The number of hydrogen-bond donors (Lipinski definition) is 0. The van der Waals surface area contributed by atoms with Crippen LogP contribution >= 0.6 is 7.92 Å². The molecule has 0 aromatic heterocycles. The van der Waals surface area contributed by atoms with Crippen LogP contribution in [0.15, 0.2) is 60.7 Å². The van der Waals surface area contributed by atoms with E-state index in [9.17, 15) is 0 Å². The first kappa shape index (κ1) is 30.1. The summed E-state index contributed by atoms with van der Waals surface area (Å²) in [5, 5.41) is 0. The third kappa shape index (κ3) is 15.9. The first-order valence-electron chi connectivity index (χ1n) is 5.89. The number of rotatable bonds is 3. The molecule has 2 aromatic rings. The van der Waals surface area contributed by atoms with Gasteiger partial charge in [-0.15, -0.1) is 20.1 Å². The summed E-state index contributed by atoms with van der Waals surface area (Å²) < 4.78 is 0. The second-order valence-electron chi connectivity index (χ2n) is 4.35. The van der Waals surface area contributed by atoms with Gasteiger partial charge in [0, 0.05) is 0 Å². The Balaban J connectivity index is -0.000000140. The van der Waals surface area contributed by atoms with Gasteiger partial charge in [-0.05, 0) is 13.3 Å². The zero-order chi connectivity index (χ0) is 12.5. The molecule has 0 aliphatic carbocycles. The quantitative estimate of drug-likeness (QED) is 0.258. The Kier molecular flexibility index (Phi) is 27.6. The van der Waals surface area contributed by atoms with E-state index in [1.807, 2.05) is 30.3 Å². The maximum Gasteiger partial charge on any atom is 3.00 e. The molecule has 0 heterocycles. The Morgan fingerprint density at radius 1 is 0.905 bits per heavy atom. The third-order valence-electron chi connectivity index (χ3n) is 2.38. The van der Waals surface area contributed by atoms with Crippen molar-refractivity contribution in [3.8, 4) is 0 Å². The number of hydrogen-bond acceptors (Lipinski definition) is 0. The van der Waals surface area contributed by atoms with Gasteiger partial charge in [-0.1, -0.05) is 19.2 Å². The fourth-order valence-electron chi connectivity index (χ4n) is 1.61. The van der Waals surface area contributed by atoms with Crippen molar-refractivity contribution >= 4 is 7.92 Å². The minimum atomic E-state index is 0. The van der Waals surface area contributed by atoms with Crippen LogP contribution in [0.1, 0.15) is 12.5 Å². The van der Waals surface area contributed by atoms with Gasteiger partial charge < -0.3 is 50.9 Å². The van der Waals surface area contributed by atoms with Gasteiger partial charge in [0.1, 0.15) is 0 Å². The van der Waals surface area contributed by atoms with E-state index in [0.717, 1.165) is 0 Å². The summed E-state index contributed by atoms with van der Waals surface area (Å²) >= 11 is 0. The molecule has 0 saturated carbocycles. The number of benzene rings is 1. The second-order valence-corrected chi connectivity index (χ2v) is 6.82. The normalized spacial score (nSPS) is 7.81. The smallest absolute Gasteiger partial charge is 1.00 e. The van der Waals surface area contributed by atoms with Gasteiger partial charge in [-0.3, -0.25) is 0 Å². The van der Waals surface area contributed by atoms with Crippen molar-refractivity contribution in [2.75, 3.05) is 19.5 Å². The van der Waals surface area contributed by atoms with E-state index < -0.39 is 0 Å². The molecule has 0 spiro atoms. The largest absolute Gasteiger partial charge is 3.00 e. The maximum atomic E-state index is 2.32. The van der Waals surface area contributed by atoms with Gasteiger partial charge >= 0.3 is 26.2 Å². The van der Waals surface area contributed by atoms with Crippen molar-refractivity contribution in [2.24, 2.45) is 0 Å². The fourth-order valence-corrected chi connectivity index (χ4v) is 2.74. The first-order valence-corrected chi connectivity index (χ1v) is 8.31. The predicted octanol–water partition coefficient (Wildman–Crippen LogP) is -4.21. The summed E-state index contributed by atoms with van der Waals surface area (Å²) in [5.41, 5.74) is 1.40. The van der Waals surface area contributed by atoms with Crippen LogP contribution in [0.4, 0.5) is 0 Å². The first-order chi connectivity index (χ1) is 8.20. The molecule has 21 heavy (non-hydrogen) atoms. The van der Waals surface area contributed by atoms with E-state index in [-0.39, 0.29) is 85.1 Å². The molecule has 2 aromatic carbocycles. The van der Waals surface area contributed by atoms with E-state index >= 15 is 0 Å². The maximum absolute atomic E-state index is 2.32. The molecule has 117 valence electrons. The molecule has 0 fully saturated rings. The molecule has 0 unspecified atom stereocenters. The Hall–Kier alpha value is 1.19. The average Bonchev–Trinajstić information content (AvgIpc) is 2.88. The summed E-state index contributed by atoms with van der Waals surface area (Å²) in [6.45, 7) is 6.88. The molecule has 0 nitrogen and oxygen atoms in total. The van der Waals surface area contributed by atoms with Crippen LogP contribution in [0.3, 0.4) is 0 Å². The molecular formula is C16H21Br3PZr-2. The van der Waals surface area contributed by atoms with E-state index in [1.165, 1.54) is 17.6 Å². The van der Waals surface area contributed by atoms with Crippen molar-refractivity contribution in [1.82, 2.24) is 0 Å². The van der Waals surface area contributed by atoms with Gasteiger partial charge in [0.2, 0.25) is 0 Å². The molecule has 0 bridgehead atoms. The average molecular weight is 575 g/mol. The summed E-state index contributed by atoms with van der Waals surface area (Å²) in [6.07, 6.45) is 1.26. The molecule has 0 aliphatic rings. The van der Waals surface area contributed by atoms with Gasteiger partial charge in [0.15, 0.2) is 0 Å². The van der Waals surface area contributed by atoms with E-state index in [0.29, 0.717) is 0 Å². The van der Waals surface area contributed by atoms with E-state index in [4.69, 9.17) is 0 Å². The second kappa shape index (κ2) is 19.2. The zero-order valence-electron chi connectivity index (χ0n) is 12.6. The third-order valence-corrected chi connectivity index (χ3v) is 3.48. The molecule has 1 radical (unpaired) electrons. The summed E-state index contributed by atoms with van der Waals surface area (Å²) in [5.74, 6) is 1.52. The molecule has 5 heteroatoms. The van der Waals surface area contributed by atoms with Crippen LogP contribution in [0, 0.1) is 5.92 Å². The minimum Gasteiger partial charge on any atom is -1.00 e. The SMILES string of the molecule is C[C-](CP(C)C)c1ccccc1.[Br-].[Br-].[Br-].[Zr+3].c1cc[cH-]c1. The van der Waals surface area contributed by atoms with E-state index in [1.54, 1.807) is 0 Å². The van der Waals surface area contributed by atoms with E-state index in [2.05, 4.69) is 50.6 Å². The molecule has 2 rings (SSSR count). The number of halogens is 3. The minimum absolute atomic E-state index is 0. The van der Waals surface area contributed by atoms with Crippen molar-refractivity contribution in [1.29, 1.82) is 0 Å². The van der Waals surface area contributed by atoms with Crippen LogP contribution in [0.25, 0.3) is 0 Å². The molecule has 0 atom stereocenters. The van der Waals surface area contributed by atoms with Gasteiger partial charge in [0.25, 0.3) is 0 Å². The summed E-state index contributed by atoms with van der Waals surface area (Å²) in [6, 6.07) is 20.7. The fraction of sp³-hybridized carbons (Fsp3) is 0.250. The summed E-state index contributed by atoms with van der Waals surface area (Å²) in [4.78, 5) is 0. The molecule has 0 saturated heterocycles. The monoisotopic (exact) mass is 571 g/mol. The Labute approximate surface area is 182 Å². The van der Waals surface area contributed by atoms with Crippen molar-refractivity contribution < 1.29 is 77.1 Å². The van der Waals surface area contributed by atoms with Crippen molar-refractivity contribution in [2.45, 2.75) is 6.92 Å². The topological polar surface area (TPSA) is 0 Å². The van der Waals surface area contributed by atoms with Crippen molar-refractivity contribution in [3.05, 3.63) is 72.1 Å². The Morgan fingerprint density at radius 2 is 1.38 bits per heavy atom. The molecule has 0 aliphatic heterocycles. The Bertz CT molecular complexity index is 362. The van der Waals surface area contributed by atoms with Gasteiger partial charge in [0.05, 0.1) is 0 Å². The van der Waals surface area contributed by atoms with Crippen LogP contribution < -0.4 is 50.9 Å². The van der Waals surface area contributed by atoms with Crippen LogP contribution in [0.5, 0.6) is 0 Å². The molecule has 0 N–H and O–H groups in total. The van der Waals surface area contributed by atoms with Crippen molar-refractivity contribution in [3.63, 3.8) is 0 Å². The molecule has 0 amide bonds. The molecular weight excluding hydrogens is 554 g/mol. The van der Waals surface area contributed by atoms with Gasteiger partial charge in [-0.2, -0.15) is 41.8 Å².